The van der Waals surface area contributed by atoms with E-state index in [2.05, 4.69) is 4.74 Å². The Balaban J connectivity index is 2.84. The summed E-state index contributed by atoms with van der Waals surface area (Å²) in [5.41, 5.74) is 0.509. The van der Waals surface area contributed by atoms with Crippen LogP contribution in [-0.2, 0) is 11.3 Å². The quantitative estimate of drug-likeness (QED) is 0.768. The second-order valence-corrected chi connectivity index (χ2v) is 4.71. The molecule has 114 valence electrons. The van der Waals surface area contributed by atoms with Crippen molar-refractivity contribution in [2.45, 2.75) is 32.8 Å². The van der Waals surface area contributed by atoms with Gasteiger partial charge in [-0.05, 0) is 19.9 Å². The van der Waals surface area contributed by atoms with E-state index in [0.29, 0.717) is 25.3 Å². The molecule has 1 aromatic rings. The van der Waals surface area contributed by atoms with Crippen LogP contribution in [0.15, 0.2) is 24.3 Å². The molecule has 6 heteroatoms. The minimum absolute atomic E-state index is 0.150. The van der Waals surface area contributed by atoms with Crippen molar-refractivity contribution in [2.75, 3.05) is 20.3 Å². The lowest BCUT2D eigenvalue weighted by Crippen LogP contribution is -2.33. The highest BCUT2D eigenvalue weighted by Crippen LogP contribution is 2.27. The zero-order valence-corrected chi connectivity index (χ0v) is 11.9. The Morgan fingerprint density at radius 3 is 2.40 bits per heavy atom. The smallest absolute Gasteiger partial charge is 0.405 e. The van der Waals surface area contributed by atoms with Gasteiger partial charge in [-0.3, -0.25) is 4.90 Å². The normalized spacial score (nSPS) is 12.2. The molecule has 0 radical (unpaired) electrons. The molecule has 0 saturated heterocycles. The maximum absolute atomic E-state index is 12.4. The maximum Gasteiger partial charge on any atom is 0.573 e. The summed E-state index contributed by atoms with van der Waals surface area (Å²) in [5.74, 6) is -0.150. The Morgan fingerprint density at radius 2 is 1.85 bits per heavy atom. The topological polar surface area (TPSA) is 21.7 Å². The van der Waals surface area contributed by atoms with Crippen molar-refractivity contribution in [2.24, 2.45) is 0 Å². The Kier molecular flexibility index (Phi) is 6.29. The second-order valence-electron chi connectivity index (χ2n) is 4.71. The van der Waals surface area contributed by atoms with Crippen LogP contribution in [0.2, 0.25) is 0 Å². The van der Waals surface area contributed by atoms with Crippen LogP contribution in [0.4, 0.5) is 13.2 Å². The first-order valence-corrected chi connectivity index (χ1v) is 6.40. The van der Waals surface area contributed by atoms with Gasteiger partial charge in [-0.2, -0.15) is 0 Å². The first-order chi connectivity index (χ1) is 9.33. The van der Waals surface area contributed by atoms with Gasteiger partial charge in [-0.1, -0.05) is 18.2 Å². The molecule has 20 heavy (non-hydrogen) atoms. The highest BCUT2D eigenvalue weighted by atomic mass is 19.4. The van der Waals surface area contributed by atoms with Crippen LogP contribution in [0.1, 0.15) is 19.4 Å². The fraction of sp³-hybridized carbons (Fsp3) is 0.571. The number of ether oxygens (including phenoxy) is 2. The van der Waals surface area contributed by atoms with E-state index >= 15 is 0 Å². The molecule has 3 nitrogen and oxygen atoms in total. The predicted molar refractivity (Wildman–Crippen MR) is 70.5 cm³/mol. The third-order valence-electron chi connectivity index (χ3n) is 2.88. The third kappa shape index (κ3) is 5.79. The first-order valence-electron chi connectivity index (χ1n) is 6.40. The molecule has 0 aliphatic heterocycles. The van der Waals surface area contributed by atoms with Crippen molar-refractivity contribution in [3.63, 3.8) is 0 Å². The number of para-hydroxylation sites is 1. The van der Waals surface area contributed by atoms with Gasteiger partial charge in [-0.25, -0.2) is 0 Å². The Bertz CT molecular complexity index is 408. The van der Waals surface area contributed by atoms with Crippen LogP contribution in [0, 0.1) is 0 Å². The zero-order chi connectivity index (χ0) is 15.2. The molecule has 0 atom stereocenters. The summed E-state index contributed by atoms with van der Waals surface area (Å²) < 4.78 is 46.2. The number of rotatable bonds is 7. The Hall–Kier alpha value is -1.27. The van der Waals surface area contributed by atoms with E-state index in [0.717, 1.165) is 0 Å². The number of hydrogen-bond donors (Lipinski definition) is 0. The monoisotopic (exact) mass is 291 g/mol. The molecule has 0 fully saturated rings. The molecule has 0 amide bonds. The number of halogens is 3. The van der Waals surface area contributed by atoms with Crippen LogP contribution in [-0.4, -0.2) is 37.6 Å². The van der Waals surface area contributed by atoms with E-state index in [1.54, 1.807) is 19.2 Å². The van der Waals surface area contributed by atoms with Crippen LogP contribution >= 0.6 is 0 Å². The molecular weight excluding hydrogens is 271 g/mol. The van der Waals surface area contributed by atoms with Crippen LogP contribution in [0.5, 0.6) is 5.75 Å². The molecule has 0 heterocycles. The average molecular weight is 291 g/mol. The van der Waals surface area contributed by atoms with Gasteiger partial charge in [0.1, 0.15) is 5.75 Å². The van der Waals surface area contributed by atoms with Crippen molar-refractivity contribution >= 4 is 0 Å². The predicted octanol–water partition coefficient (Wildman–Crippen LogP) is 3.44. The highest BCUT2D eigenvalue weighted by Gasteiger charge is 2.32. The lowest BCUT2D eigenvalue weighted by atomic mass is 10.1. The molecular formula is C14H20F3NO2. The van der Waals surface area contributed by atoms with Gasteiger partial charge in [0.15, 0.2) is 0 Å². The summed E-state index contributed by atoms with van der Waals surface area (Å²) in [5, 5.41) is 0. The number of alkyl halides is 3. The zero-order valence-electron chi connectivity index (χ0n) is 11.9. The summed E-state index contributed by atoms with van der Waals surface area (Å²) in [7, 11) is 1.60. The average Bonchev–Trinajstić information content (AvgIpc) is 2.34. The van der Waals surface area contributed by atoms with Gasteiger partial charge in [0.05, 0.1) is 6.61 Å². The summed E-state index contributed by atoms with van der Waals surface area (Å²) in [6.45, 7) is 5.54. The number of methoxy groups -OCH3 is 1. The fourth-order valence-electron chi connectivity index (χ4n) is 1.81. The van der Waals surface area contributed by atoms with Crippen molar-refractivity contribution in [3.8, 4) is 5.75 Å². The summed E-state index contributed by atoms with van der Waals surface area (Å²) in [6.07, 6.45) is -4.68. The molecule has 0 aromatic heterocycles. The first kappa shape index (κ1) is 16.8. The molecule has 0 N–H and O–H groups in total. The van der Waals surface area contributed by atoms with Crippen molar-refractivity contribution in [1.82, 2.24) is 4.90 Å². The second kappa shape index (κ2) is 7.50. The lowest BCUT2D eigenvalue weighted by molar-refractivity contribution is -0.275. The summed E-state index contributed by atoms with van der Waals surface area (Å²) >= 11 is 0. The minimum Gasteiger partial charge on any atom is -0.405 e. The van der Waals surface area contributed by atoms with E-state index in [4.69, 9.17) is 4.74 Å². The van der Waals surface area contributed by atoms with Gasteiger partial charge in [0.2, 0.25) is 0 Å². The number of benzene rings is 1. The Morgan fingerprint density at radius 1 is 1.20 bits per heavy atom. The summed E-state index contributed by atoms with van der Waals surface area (Å²) in [6, 6.07) is 6.40. The number of hydrogen-bond acceptors (Lipinski definition) is 3. The van der Waals surface area contributed by atoms with Gasteiger partial charge < -0.3 is 9.47 Å². The fourth-order valence-corrected chi connectivity index (χ4v) is 1.81. The molecule has 0 spiro atoms. The van der Waals surface area contributed by atoms with E-state index in [1.165, 1.54) is 12.1 Å². The highest BCUT2D eigenvalue weighted by molar-refractivity contribution is 5.33. The standard InChI is InChI=1S/C14H20F3NO2/c1-11(2)18(8-9-19-3)10-12-6-4-5-7-13(12)20-14(15,16)17/h4-7,11H,8-10H2,1-3H3. The van der Waals surface area contributed by atoms with Crippen LogP contribution in [0.25, 0.3) is 0 Å². The van der Waals surface area contributed by atoms with Gasteiger partial charge in [0.25, 0.3) is 0 Å². The van der Waals surface area contributed by atoms with Crippen molar-refractivity contribution < 1.29 is 22.6 Å². The molecule has 0 aliphatic rings. The lowest BCUT2D eigenvalue weighted by Gasteiger charge is -2.27. The van der Waals surface area contributed by atoms with Crippen LogP contribution in [0.3, 0.4) is 0 Å². The third-order valence-corrected chi connectivity index (χ3v) is 2.88. The van der Waals surface area contributed by atoms with E-state index < -0.39 is 6.36 Å². The van der Waals surface area contributed by atoms with Crippen LogP contribution < -0.4 is 4.74 Å². The molecule has 0 bridgehead atoms. The van der Waals surface area contributed by atoms with Gasteiger partial charge in [0, 0.05) is 31.8 Å². The largest absolute Gasteiger partial charge is 0.573 e. The molecule has 0 unspecified atom stereocenters. The molecule has 1 rings (SSSR count). The van der Waals surface area contributed by atoms with E-state index in [1.807, 2.05) is 18.7 Å². The molecule has 0 saturated carbocycles. The summed E-state index contributed by atoms with van der Waals surface area (Å²) in [4.78, 5) is 2.03. The molecule has 1 aromatic carbocycles. The maximum atomic E-state index is 12.4. The van der Waals surface area contributed by atoms with Gasteiger partial charge in [-0.15, -0.1) is 13.2 Å². The Labute approximate surface area is 117 Å². The number of nitrogens with zero attached hydrogens (tertiary/aromatic N) is 1. The van der Waals surface area contributed by atoms with E-state index in [9.17, 15) is 13.2 Å². The minimum atomic E-state index is -4.68. The SMILES string of the molecule is COCCN(Cc1ccccc1OC(F)(F)F)C(C)C. The van der Waals surface area contributed by atoms with Crippen molar-refractivity contribution in [1.29, 1.82) is 0 Å². The van der Waals surface area contributed by atoms with Crippen molar-refractivity contribution in [3.05, 3.63) is 29.8 Å². The van der Waals surface area contributed by atoms with Gasteiger partial charge >= 0.3 is 6.36 Å². The van der Waals surface area contributed by atoms with E-state index in [-0.39, 0.29) is 11.8 Å². The molecule has 0 aliphatic carbocycles.